The minimum Gasteiger partial charge on any atom is -0.478 e. The quantitative estimate of drug-likeness (QED) is 0.527. The summed E-state index contributed by atoms with van der Waals surface area (Å²) >= 11 is 0. The van der Waals surface area contributed by atoms with E-state index in [1.807, 2.05) is 78.9 Å². The highest BCUT2D eigenvalue weighted by Crippen LogP contribution is 2.49. The number of allylic oxidation sites excluding steroid dienone is 1. The van der Waals surface area contributed by atoms with E-state index < -0.39 is 16.8 Å². The van der Waals surface area contributed by atoms with Crippen molar-refractivity contribution in [3.05, 3.63) is 120 Å². The zero-order chi connectivity index (χ0) is 21.9. The summed E-state index contributed by atoms with van der Waals surface area (Å²) in [5.41, 5.74) is 1.75. The van der Waals surface area contributed by atoms with Crippen LogP contribution in [0, 0.1) is 0 Å². The molecule has 0 radical (unpaired) electrons. The molecule has 0 heterocycles. The fourth-order valence-corrected chi connectivity index (χ4v) is 5.06. The Balaban J connectivity index is 1.84. The van der Waals surface area contributed by atoms with Crippen LogP contribution >= 0.6 is 0 Å². The van der Waals surface area contributed by atoms with Crippen LogP contribution in [-0.2, 0) is 22.0 Å². The van der Waals surface area contributed by atoms with Crippen LogP contribution in [0.3, 0.4) is 0 Å². The van der Waals surface area contributed by atoms with Gasteiger partial charge in [0.1, 0.15) is 0 Å². The predicted octanol–water partition coefficient (Wildman–Crippen LogP) is 5.74. The number of benzene rings is 3. The third-order valence-corrected chi connectivity index (χ3v) is 6.69. The Morgan fingerprint density at radius 1 is 0.871 bits per heavy atom. The molecule has 3 aromatic rings. The van der Waals surface area contributed by atoms with E-state index in [4.69, 9.17) is 0 Å². The van der Waals surface area contributed by atoms with Gasteiger partial charge in [-0.05, 0) is 48.1 Å². The van der Waals surface area contributed by atoms with Crippen LogP contribution in [-0.4, -0.2) is 16.9 Å². The first-order chi connectivity index (χ1) is 15.0. The highest BCUT2D eigenvalue weighted by atomic mass is 16.4. The summed E-state index contributed by atoms with van der Waals surface area (Å²) < 4.78 is 0. The molecule has 1 aliphatic carbocycles. The summed E-state index contributed by atoms with van der Waals surface area (Å²) in [5.74, 6) is -0.784. The summed E-state index contributed by atoms with van der Waals surface area (Å²) in [6.45, 7) is 4.09. The van der Waals surface area contributed by atoms with Crippen LogP contribution in [0.2, 0.25) is 0 Å². The lowest BCUT2D eigenvalue weighted by Gasteiger charge is -2.46. The zero-order valence-corrected chi connectivity index (χ0v) is 17.5. The van der Waals surface area contributed by atoms with Crippen LogP contribution < -0.4 is 0 Å². The maximum Gasteiger partial charge on any atom is 0.335 e. The van der Waals surface area contributed by atoms with Crippen LogP contribution in [0.1, 0.15) is 46.3 Å². The third-order valence-electron chi connectivity index (χ3n) is 6.69. The molecule has 0 aliphatic heterocycles. The molecule has 1 N–H and O–H groups in total. The summed E-state index contributed by atoms with van der Waals surface area (Å²) in [4.78, 5) is 25.7. The highest BCUT2D eigenvalue weighted by Gasteiger charge is 2.53. The molecule has 0 amide bonds. The fourth-order valence-electron chi connectivity index (χ4n) is 5.06. The van der Waals surface area contributed by atoms with E-state index >= 15 is 0 Å². The SMILES string of the molecule is C=C[C@]1(c2ccccc2)CCC[C@](Cc2ccc(C(=O)O)cc2)(c2ccccc2)C1=O. The van der Waals surface area contributed by atoms with Gasteiger partial charge in [0.2, 0.25) is 0 Å². The lowest BCUT2D eigenvalue weighted by molar-refractivity contribution is -0.131. The highest BCUT2D eigenvalue weighted by molar-refractivity contribution is 6.01. The van der Waals surface area contributed by atoms with Crippen LogP contribution in [0.15, 0.2) is 97.6 Å². The number of ketones is 1. The smallest absolute Gasteiger partial charge is 0.335 e. The first-order valence-corrected chi connectivity index (χ1v) is 10.6. The molecular formula is C28H26O3. The molecule has 31 heavy (non-hydrogen) atoms. The number of rotatable bonds is 6. The van der Waals surface area contributed by atoms with Crippen molar-refractivity contribution in [3.63, 3.8) is 0 Å². The van der Waals surface area contributed by atoms with Crippen LogP contribution in [0.5, 0.6) is 0 Å². The van der Waals surface area contributed by atoms with Crippen molar-refractivity contribution in [2.24, 2.45) is 0 Å². The van der Waals surface area contributed by atoms with Gasteiger partial charge in [-0.15, -0.1) is 6.58 Å². The number of aromatic carboxylic acids is 1. The van der Waals surface area contributed by atoms with Crippen molar-refractivity contribution >= 4 is 11.8 Å². The van der Waals surface area contributed by atoms with Crippen molar-refractivity contribution in [3.8, 4) is 0 Å². The van der Waals surface area contributed by atoms with E-state index in [0.29, 0.717) is 6.42 Å². The Bertz CT molecular complexity index is 1090. The van der Waals surface area contributed by atoms with Gasteiger partial charge < -0.3 is 5.11 Å². The standard InChI is InChI=1S/C28H26O3/c1-2-27(23-10-5-3-6-11-23)18-9-19-28(26(27)31,24-12-7-4-8-13-24)20-21-14-16-22(17-15-21)25(29)30/h2-8,10-17H,1,9,18-20H2,(H,29,30)/t27-,28+/m1/s1. The van der Waals surface area contributed by atoms with Gasteiger partial charge in [-0.1, -0.05) is 85.3 Å². The molecule has 156 valence electrons. The molecule has 3 nitrogen and oxygen atoms in total. The van der Waals surface area contributed by atoms with Crippen molar-refractivity contribution in [1.82, 2.24) is 0 Å². The normalized spacial score (nSPS) is 23.3. The van der Waals surface area contributed by atoms with Crippen molar-refractivity contribution in [2.45, 2.75) is 36.5 Å². The summed E-state index contributed by atoms with van der Waals surface area (Å²) in [5, 5.41) is 9.23. The summed E-state index contributed by atoms with van der Waals surface area (Å²) in [6, 6.07) is 26.8. The lowest BCUT2D eigenvalue weighted by atomic mass is 9.55. The second-order valence-corrected chi connectivity index (χ2v) is 8.35. The van der Waals surface area contributed by atoms with Crippen molar-refractivity contribution in [1.29, 1.82) is 0 Å². The van der Waals surface area contributed by atoms with Gasteiger partial charge in [0.05, 0.1) is 16.4 Å². The topological polar surface area (TPSA) is 54.4 Å². The summed E-state index contributed by atoms with van der Waals surface area (Å²) in [6.07, 6.45) is 4.74. The number of hydrogen-bond acceptors (Lipinski definition) is 2. The minimum absolute atomic E-state index is 0.168. The third kappa shape index (κ3) is 3.61. The number of Topliss-reactive ketones (excluding diaryl/α,β-unsaturated/α-hetero) is 1. The maximum absolute atomic E-state index is 14.4. The monoisotopic (exact) mass is 410 g/mol. The van der Waals surface area contributed by atoms with E-state index in [-0.39, 0.29) is 11.3 Å². The molecular weight excluding hydrogens is 384 g/mol. The van der Waals surface area contributed by atoms with Gasteiger partial charge in [0.15, 0.2) is 5.78 Å². The minimum atomic E-state index is -0.951. The summed E-state index contributed by atoms with van der Waals surface area (Å²) in [7, 11) is 0. The Hall–Kier alpha value is -3.46. The van der Waals surface area contributed by atoms with Gasteiger partial charge in [0.25, 0.3) is 0 Å². The second kappa shape index (κ2) is 8.35. The lowest BCUT2D eigenvalue weighted by Crippen LogP contribution is -2.53. The van der Waals surface area contributed by atoms with Crippen molar-refractivity contribution < 1.29 is 14.7 Å². The molecule has 1 aliphatic rings. The van der Waals surface area contributed by atoms with Crippen LogP contribution in [0.4, 0.5) is 0 Å². The maximum atomic E-state index is 14.4. The second-order valence-electron chi connectivity index (χ2n) is 8.35. The Labute approximate surface area is 183 Å². The van der Waals surface area contributed by atoms with E-state index in [1.165, 1.54) is 0 Å². The van der Waals surface area contributed by atoms with Gasteiger partial charge >= 0.3 is 5.97 Å². The Morgan fingerprint density at radius 3 is 2.00 bits per heavy atom. The molecule has 4 rings (SSSR count). The molecule has 2 atom stereocenters. The van der Waals surface area contributed by atoms with E-state index in [1.54, 1.807) is 12.1 Å². The first kappa shape index (κ1) is 20.8. The molecule has 0 unspecified atom stereocenters. The van der Waals surface area contributed by atoms with Crippen LogP contribution in [0.25, 0.3) is 0 Å². The molecule has 0 spiro atoms. The number of carboxylic acids is 1. The zero-order valence-electron chi connectivity index (χ0n) is 17.5. The molecule has 1 saturated carbocycles. The molecule has 3 aromatic carbocycles. The van der Waals surface area contributed by atoms with E-state index in [0.717, 1.165) is 36.0 Å². The predicted molar refractivity (Wildman–Crippen MR) is 122 cm³/mol. The molecule has 0 bridgehead atoms. The molecule has 0 saturated heterocycles. The van der Waals surface area contributed by atoms with Gasteiger partial charge in [-0.25, -0.2) is 4.79 Å². The van der Waals surface area contributed by atoms with Gasteiger partial charge in [-0.3, -0.25) is 4.79 Å². The molecule has 1 fully saturated rings. The van der Waals surface area contributed by atoms with Gasteiger partial charge in [0, 0.05) is 0 Å². The van der Waals surface area contributed by atoms with Gasteiger partial charge in [-0.2, -0.15) is 0 Å². The number of hydrogen-bond donors (Lipinski definition) is 1. The molecule has 3 heteroatoms. The van der Waals surface area contributed by atoms with E-state index in [2.05, 4.69) is 6.58 Å². The Kier molecular flexibility index (Phi) is 5.60. The van der Waals surface area contributed by atoms with E-state index in [9.17, 15) is 14.7 Å². The average Bonchev–Trinajstić information content (AvgIpc) is 2.82. The van der Waals surface area contributed by atoms with Crippen molar-refractivity contribution in [2.75, 3.05) is 0 Å². The number of carboxylic acid groups (broad SMARTS) is 1. The largest absolute Gasteiger partial charge is 0.478 e. The Morgan fingerprint density at radius 2 is 1.45 bits per heavy atom. The fraction of sp³-hybridized carbons (Fsp3) is 0.214. The average molecular weight is 411 g/mol. The number of carbonyl (C=O) groups is 2. The number of carbonyl (C=O) groups excluding carboxylic acids is 1. The molecule has 0 aromatic heterocycles. The first-order valence-electron chi connectivity index (χ1n) is 10.6.